The first-order valence-corrected chi connectivity index (χ1v) is 10.9. The zero-order chi connectivity index (χ0) is 22.3. The van der Waals surface area contributed by atoms with Crippen LogP contribution in [0.3, 0.4) is 0 Å². The number of hydrogen-bond donors (Lipinski definition) is 2. The van der Waals surface area contributed by atoms with E-state index in [1.54, 1.807) is 19.1 Å². The van der Waals surface area contributed by atoms with Crippen LogP contribution in [0, 0.1) is 0 Å². The molecule has 0 bridgehead atoms. The van der Waals surface area contributed by atoms with Gasteiger partial charge in [0.25, 0.3) is 0 Å². The number of benzene rings is 1. The minimum atomic E-state index is -0.300. The van der Waals surface area contributed by atoms with E-state index in [-0.39, 0.29) is 30.7 Å². The van der Waals surface area contributed by atoms with Gasteiger partial charge in [0.15, 0.2) is 5.76 Å². The highest BCUT2D eigenvalue weighted by Gasteiger charge is 2.16. The van der Waals surface area contributed by atoms with E-state index < -0.39 is 0 Å². The average Bonchev–Trinajstić information content (AvgIpc) is 3.55. The van der Waals surface area contributed by atoms with Crippen LogP contribution in [0.15, 0.2) is 51.6 Å². The fourth-order valence-electron chi connectivity index (χ4n) is 3.73. The maximum atomic E-state index is 12.4. The largest absolute Gasteiger partial charge is 0.461 e. The number of nitrogens with zero attached hydrogens (tertiary/aromatic N) is 3. The van der Waals surface area contributed by atoms with Gasteiger partial charge in [-0.2, -0.15) is 4.98 Å². The number of aryl methyl sites for hydroxylation is 1. The number of furan rings is 1. The van der Waals surface area contributed by atoms with Gasteiger partial charge in [-0.05, 0) is 50.1 Å². The standard InChI is InChI=1S/C23H27N5O4/c1-16(14-21(30)25-17-6-4-7-18(15-17)28-11-2-3-12-28)24-20(29)9-10-22-26-23(27-32-22)19-8-5-13-31-19/h4-8,13,15-16H,2-3,9-12,14H2,1H3,(H,24,29)(H,25,30). The van der Waals surface area contributed by atoms with E-state index in [4.69, 9.17) is 8.94 Å². The van der Waals surface area contributed by atoms with Crippen molar-refractivity contribution in [1.82, 2.24) is 15.5 Å². The summed E-state index contributed by atoms with van der Waals surface area (Å²) in [5.41, 5.74) is 1.89. The van der Waals surface area contributed by atoms with E-state index in [1.165, 1.54) is 19.1 Å². The summed E-state index contributed by atoms with van der Waals surface area (Å²) in [7, 11) is 0. The van der Waals surface area contributed by atoms with Gasteiger partial charge in [0, 0.05) is 49.8 Å². The fourth-order valence-corrected chi connectivity index (χ4v) is 3.73. The number of aromatic nitrogens is 2. The van der Waals surface area contributed by atoms with Gasteiger partial charge in [-0.15, -0.1) is 0 Å². The molecule has 0 saturated carbocycles. The Balaban J connectivity index is 1.20. The summed E-state index contributed by atoms with van der Waals surface area (Å²) in [5.74, 6) is 0.893. The number of rotatable bonds is 9. The molecule has 1 unspecified atom stereocenters. The van der Waals surface area contributed by atoms with Gasteiger partial charge >= 0.3 is 0 Å². The van der Waals surface area contributed by atoms with Gasteiger partial charge in [0.2, 0.25) is 23.5 Å². The van der Waals surface area contributed by atoms with Crippen LogP contribution >= 0.6 is 0 Å². The number of anilines is 2. The Hall–Kier alpha value is -3.62. The van der Waals surface area contributed by atoms with E-state index in [1.807, 2.05) is 18.2 Å². The summed E-state index contributed by atoms with van der Waals surface area (Å²) in [5, 5.41) is 9.61. The predicted octanol–water partition coefficient (Wildman–Crippen LogP) is 3.40. The second-order valence-corrected chi connectivity index (χ2v) is 7.95. The van der Waals surface area contributed by atoms with Crippen LogP contribution in [-0.4, -0.2) is 41.1 Å². The first kappa shape index (κ1) is 21.6. The van der Waals surface area contributed by atoms with Crippen LogP contribution in [0.4, 0.5) is 11.4 Å². The second-order valence-electron chi connectivity index (χ2n) is 7.95. The molecule has 1 saturated heterocycles. The van der Waals surface area contributed by atoms with Crippen molar-refractivity contribution >= 4 is 23.2 Å². The molecule has 32 heavy (non-hydrogen) atoms. The van der Waals surface area contributed by atoms with Crippen LogP contribution in [-0.2, 0) is 16.0 Å². The molecule has 1 aliphatic heterocycles. The molecule has 2 N–H and O–H groups in total. The monoisotopic (exact) mass is 437 g/mol. The van der Waals surface area contributed by atoms with E-state index >= 15 is 0 Å². The molecule has 1 fully saturated rings. The zero-order valence-corrected chi connectivity index (χ0v) is 18.0. The highest BCUT2D eigenvalue weighted by molar-refractivity contribution is 5.92. The van der Waals surface area contributed by atoms with Gasteiger partial charge in [-0.1, -0.05) is 11.2 Å². The van der Waals surface area contributed by atoms with Crippen LogP contribution in [0.25, 0.3) is 11.6 Å². The van der Waals surface area contributed by atoms with Crippen LogP contribution in [0.5, 0.6) is 0 Å². The number of amides is 2. The van der Waals surface area contributed by atoms with Crippen LogP contribution in [0.1, 0.15) is 38.5 Å². The Kier molecular flexibility index (Phi) is 6.84. The summed E-state index contributed by atoms with van der Waals surface area (Å²) in [4.78, 5) is 31.2. The molecular weight excluding hydrogens is 410 g/mol. The van der Waals surface area contributed by atoms with E-state index in [0.29, 0.717) is 23.9 Å². The lowest BCUT2D eigenvalue weighted by molar-refractivity contribution is -0.122. The first-order chi connectivity index (χ1) is 15.6. The predicted molar refractivity (Wildman–Crippen MR) is 119 cm³/mol. The molecule has 1 atom stereocenters. The Morgan fingerprint density at radius 2 is 2.00 bits per heavy atom. The van der Waals surface area contributed by atoms with Crippen molar-refractivity contribution in [3.8, 4) is 11.6 Å². The molecule has 168 valence electrons. The maximum absolute atomic E-state index is 12.4. The van der Waals surface area contributed by atoms with Crippen molar-refractivity contribution in [2.45, 2.75) is 45.1 Å². The average molecular weight is 438 g/mol. The summed E-state index contributed by atoms with van der Waals surface area (Å²) in [6.07, 6.45) is 4.60. The molecule has 1 aromatic carbocycles. The van der Waals surface area contributed by atoms with Crippen molar-refractivity contribution < 1.29 is 18.5 Å². The van der Waals surface area contributed by atoms with Gasteiger partial charge < -0.3 is 24.5 Å². The summed E-state index contributed by atoms with van der Waals surface area (Å²) >= 11 is 0. The molecule has 0 aliphatic carbocycles. The highest BCUT2D eigenvalue weighted by atomic mass is 16.5. The third-order valence-electron chi connectivity index (χ3n) is 5.28. The molecule has 2 aromatic heterocycles. The third kappa shape index (κ3) is 5.75. The normalized spacial score (nSPS) is 14.3. The number of carbonyl (C=O) groups excluding carboxylic acids is 2. The van der Waals surface area contributed by atoms with Crippen molar-refractivity contribution in [3.63, 3.8) is 0 Å². The van der Waals surface area contributed by atoms with E-state index in [2.05, 4.69) is 31.7 Å². The molecule has 9 heteroatoms. The second kappa shape index (κ2) is 10.1. The maximum Gasteiger partial charge on any atom is 0.238 e. The number of carbonyl (C=O) groups is 2. The molecule has 1 aliphatic rings. The quantitative estimate of drug-likeness (QED) is 0.527. The summed E-state index contributed by atoms with van der Waals surface area (Å²) < 4.78 is 10.4. The van der Waals surface area contributed by atoms with Crippen molar-refractivity contribution in [2.24, 2.45) is 0 Å². The Bertz CT molecular complexity index is 1040. The first-order valence-electron chi connectivity index (χ1n) is 10.9. The summed E-state index contributed by atoms with van der Waals surface area (Å²) in [6, 6.07) is 11.0. The number of nitrogens with one attached hydrogen (secondary N) is 2. The van der Waals surface area contributed by atoms with Gasteiger partial charge in [-0.25, -0.2) is 0 Å². The Morgan fingerprint density at radius 1 is 1.16 bits per heavy atom. The molecule has 0 spiro atoms. The molecule has 0 radical (unpaired) electrons. The lowest BCUT2D eigenvalue weighted by atomic mass is 10.2. The van der Waals surface area contributed by atoms with Gasteiger partial charge in [0.1, 0.15) is 0 Å². The molecule has 9 nitrogen and oxygen atoms in total. The van der Waals surface area contributed by atoms with Gasteiger partial charge in [0.05, 0.1) is 6.26 Å². The van der Waals surface area contributed by atoms with Crippen LogP contribution < -0.4 is 15.5 Å². The molecule has 3 heterocycles. The number of hydrogen-bond acceptors (Lipinski definition) is 7. The topological polar surface area (TPSA) is 114 Å². The summed E-state index contributed by atoms with van der Waals surface area (Å²) in [6.45, 7) is 3.91. The lowest BCUT2D eigenvalue weighted by Crippen LogP contribution is -2.35. The van der Waals surface area contributed by atoms with E-state index in [9.17, 15) is 9.59 Å². The molecular formula is C23H27N5O4. The van der Waals surface area contributed by atoms with Crippen molar-refractivity contribution in [1.29, 1.82) is 0 Å². The lowest BCUT2D eigenvalue weighted by Gasteiger charge is -2.19. The van der Waals surface area contributed by atoms with Crippen LogP contribution in [0.2, 0.25) is 0 Å². The van der Waals surface area contributed by atoms with E-state index in [0.717, 1.165) is 24.5 Å². The Labute approximate surface area is 186 Å². The molecule has 2 amide bonds. The Morgan fingerprint density at radius 3 is 2.78 bits per heavy atom. The molecule has 4 rings (SSSR count). The minimum absolute atomic E-state index is 0.142. The fraction of sp³-hybridized carbons (Fsp3) is 0.391. The van der Waals surface area contributed by atoms with Crippen molar-refractivity contribution in [2.75, 3.05) is 23.3 Å². The molecule has 3 aromatic rings. The van der Waals surface area contributed by atoms with Gasteiger partial charge in [-0.3, -0.25) is 9.59 Å². The highest BCUT2D eigenvalue weighted by Crippen LogP contribution is 2.23. The zero-order valence-electron chi connectivity index (χ0n) is 18.0. The minimum Gasteiger partial charge on any atom is -0.461 e. The third-order valence-corrected chi connectivity index (χ3v) is 5.28. The van der Waals surface area contributed by atoms with Crippen molar-refractivity contribution in [3.05, 3.63) is 48.6 Å². The smallest absolute Gasteiger partial charge is 0.238 e. The SMILES string of the molecule is CC(CC(=O)Nc1cccc(N2CCCC2)c1)NC(=O)CCc1nc(-c2ccco2)no1.